The van der Waals surface area contributed by atoms with Gasteiger partial charge in [-0.2, -0.15) is 14.6 Å². The van der Waals surface area contributed by atoms with E-state index in [2.05, 4.69) is 30.6 Å². The number of pyridine rings is 1. The Hall–Kier alpha value is -4.12. The fourth-order valence-electron chi connectivity index (χ4n) is 4.05. The normalized spacial score (nSPS) is 14.5. The van der Waals surface area contributed by atoms with Crippen molar-refractivity contribution < 1.29 is 38.8 Å². The second-order valence-electron chi connectivity index (χ2n) is 9.45. The van der Waals surface area contributed by atoms with Crippen LogP contribution in [-0.4, -0.2) is 81.1 Å². The quantitative estimate of drug-likeness (QED) is 0.166. The molecule has 0 aromatic carbocycles. The molecule has 1 amide bonds. The highest BCUT2D eigenvalue weighted by Crippen LogP contribution is 2.33. The van der Waals surface area contributed by atoms with E-state index in [1.165, 1.54) is 18.3 Å². The average molecular weight is 622 g/mol. The number of aliphatic hydroxyl groups excluding tert-OH is 3. The second-order valence-corrected chi connectivity index (χ2v) is 10.3. The van der Waals surface area contributed by atoms with Gasteiger partial charge in [-0.05, 0) is 38.8 Å². The van der Waals surface area contributed by atoms with Crippen LogP contribution in [0.5, 0.6) is 0 Å². The molecule has 4 aromatic heterocycles. The number of rotatable bonds is 7. The standard InChI is InChI=1S/C21H19F2N7OS.C4H8O4.C2H6O/c22-14-6-7-17(23)28-18(14)19-15(10-30(29-19)13-4-2-1-3-5-13)26-20(31)16-11-32-21(27-16)12-8-24-25-9-12;1-2(5)3(6)4(7)8;1-2-3/h6-11,13H,1-5H2,(H,24,25)(H,26,31);2-3,5-6H,1H3,(H,7,8);3H,2H2,1H3. The van der Waals surface area contributed by atoms with Gasteiger partial charge in [-0.1, -0.05) is 19.3 Å². The SMILES string of the molecule is CC(O)C(O)C(=O)O.CCO.O=C(Nc1cn(C2CCCCC2)nc1-c1nc(F)ccc1F)c1csc(-c2cn[nH]c2)n1. The molecule has 0 saturated heterocycles. The number of H-pyrrole nitrogens is 1. The molecule has 232 valence electrons. The first-order valence-corrected chi connectivity index (χ1v) is 14.3. The molecule has 2 atom stereocenters. The minimum Gasteiger partial charge on any atom is -0.479 e. The summed E-state index contributed by atoms with van der Waals surface area (Å²) in [6, 6.07) is 2.08. The van der Waals surface area contributed by atoms with Gasteiger partial charge in [0, 0.05) is 29.9 Å². The van der Waals surface area contributed by atoms with Gasteiger partial charge in [-0.25, -0.2) is 19.2 Å². The van der Waals surface area contributed by atoms with Crippen molar-refractivity contribution in [2.24, 2.45) is 0 Å². The minimum atomic E-state index is -1.66. The molecule has 1 saturated carbocycles. The largest absolute Gasteiger partial charge is 0.479 e. The summed E-state index contributed by atoms with van der Waals surface area (Å²) in [5.41, 5.74) is 1.08. The van der Waals surface area contributed by atoms with E-state index in [0.717, 1.165) is 49.8 Å². The van der Waals surface area contributed by atoms with Gasteiger partial charge in [0.2, 0.25) is 5.95 Å². The lowest BCUT2D eigenvalue weighted by Crippen LogP contribution is -2.30. The van der Waals surface area contributed by atoms with Gasteiger partial charge >= 0.3 is 5.97 Å². The number of anilines is 1. The number of carboxylic acid groups (broad SMARTS) is 1. The number of nitrogens with one attached hydrogen (secondary N) is 2. The Bertz CT molecular complexity index is 1470. The highest BCUT2D eigenvalue weighted by molar-refractivity contribution is 7.13. The van der Waals surface area contributed by atoms with Crippen molar-refractivity contribution in [2.75, 3.05) is 11.9 Å². The number of carboxylic acids is 1. The molecule has 0 radical (unpaired) electrons. The topological polar surface area (TPSA) is 199 Å². The van der Waals surface area contributed by atoms with Crippen LogP contribution in [0.4, 0.5) is 14.5 Å². The summed E-state index contributed by atoms with van der Waals surface area (Å²) in [5.74, 6) is -3.42. The maximum absolute atomic E-state index is 14.5. The van der Waals surface area contributed by atoms with Gasteiger partial charge in [-0.15, -0.1) is 11.3 Å². The summed E-state index contributed by atoms with van der Waals surface area (Å²) < 4.78 is 30.0. The first-order chi connectivity index (χ1) is 20.5. The monoisotopic (exact) mass is 621 g/mol. The number of halogens is 2. The Labute approximate surface area is 249 Å². The lowest BCUT2D eigenvalue weighted by Gasteiger charge is -2.21. The lowest BCUT2D eigenvalue weighted by atomic mass is 9.96. The Balaban J connectivity index is 0.000000396. The number of aliphatic hydroxyl groups is 3. The Morgan fingerprint density at radius 2 is 1.86 bits per heavy atom. The summed E-state index contributed by atoms with van der Waals surface area (Å²) >= 11 is 1.30. The van der Waals surface area contributed by atoms with Crippen LogP contribution in [0.3, 0.4) is 0 Å². The van der Waals surface area contributed by atoms with Crippen LogP contribution in [0, 0.1) is 11.8 Å². The predicted molar refractivity (Wildman–Crippen MR) is 153 cm³/mol. The summed E-state index contributed by atoms with van der Waals surface area (Å²) in [6.07, 6.45) is 7.30. The van der Waals surface area contributed by atoms with Crippen LogP contribution in [0.1, 0.15) is 62.5 Å². The average Bonchev–Trinajstić information content (AvgIpc) is 3.76. The van der Waals surface area contributed by atoms with Crippen LogP contribution in [0.15, 0.2) is 36.1 Å². The predicted octanol–water partition coefficient (Wildman–Crippen LogP) is 3.64. The van der Waals surface area contributed by atoms with Gasteiger partial charge in [0.25, 0.3) is 5.91 Å². The third kappa shape index (κ3) is 9.18. The zero-order valence-corrected chi connectivity index (χ0v) is 24.3. The smallest absolute Gasteiger partial charge is 0.335 e. The van der Waals surface area contributed by atoms with E-state index >= 15 is 0 Å². The molecule has 0 aliphatic heterocycles. The molecule has 13 nitrogen and oxygen atoms in total. The summed E-state index contributed by atoms with van der Waals surface area (Å²) in [7, 11) is 0. The molecule has 43 heavy (non-hydrogen) atoms. The van der Waals surface area contributed by atoms with Gasteiger partial charge in [0.15, 0.2) is 11.9 Å². The molecular weight excluding hydrogens is 588 g/mol. The fraction of sp³-hybridized carbons (Fsp3) is 0.407. The number of carbonyl (C=O) groups excluding carboxylic acids is 1. The maximum atomic E-state index is 14.5. The van der Waals surface area contributed by atoms with Crippen LogP contribution < -0.4 is 5.32 Å². The number of carbonyl (C=O) groups is 2. The van der Waals surface area contributed by atoms with E-state index in [-0.39, 0.29) is 35.4 Å². The number of hydrogen-bond acceptors (Lipinski definition) is 10. The zero-order valence-electron chi connectivity index (χ0n) is 23.4. The summed E-state index contributed by atoms with van der Waals surface area (Å²) in [5, 5.41) is 48.3. The highest BCUT2D eigenvalue weighted by atomic mass is 32.1. The number of hydrogen-bond donors (Lipinski definition) is 6. The van der Waals surface area contributed by atoms with E-state index in [0.29, 0.717) is 5.01 Å². The van der Waals surface area contributed by atoms with Crippen molar-refractivity contribution in [1.29, 1.82) is 0 Å². The van der Waals surface area contributed by atoms with Crippen LogP contribution in [0.25, 0.3) is 22.0 Å². The van der Waals surface area contributed by atoms with Gasteiger partial charge in [-0.3, -0.25) is 14.6 Å². The van der Waals surface area contributed by atoms with Crippen LogP contribution in [-0.2, 0) is 4.79 Å². The number of aromatic amines is 1. The highest BCUT2D eigenvalue weighted by Gasteiger charge is 2.24. The Morgan fingerprint density at radius 3 is 2.44 bits per heavy atom. The second kappa shape index (κ2) is 15.9. The van der Waals surface area contributed by atoms with E-state index in [1.807, 2.05) is 0 Å². The molecule has 1 fully saturated rings. The zero-order chi connectivity index (χ0) is 31.5. The number of amides is 1. The maximum Gasteiger partial charge on any atom is 0.335 e. The molecule has 6 N–H and O–H groups in total. The fourth-order valence-corrected chi connectivity index (χ4v) is 4.83. The van der Waals surface area contributed by atoms with Gasteiger partial charge in [0.1, 0.15) is 22.1 Å². The summed E-state index contributed by atoms with van der Waals surface area (Å²) in [6.45, 7) is 3.14. The molecule has 1 aliphatic carbocycles. The molecule has 4 aromatic rings. The van der Waals surface area contributed by atoms with E-state index in [4.69, 9.17) is 20.4 Å². The van der Waals surface area contributed by atoms with E-state index < -0.39 is 35.8 Å². The molecule has 5 rings (SSSR count). The molecule has 4 heterocycles. The molecular formula is C27H33F2N7O6S. The number of aliphatic carboxylic acids is 1. The van der Waals surface area contributed by atoms with Crippen molar-refractivity contribution in [2.45, 2.75) is 64.2 Å². The van der Waals surface area contributed by atoms with Crippen LogP contribution in [0.2, 0.25) is 0 Å². The van der Waals surface area contributed by atoms with Crippen LogP contribution >= 0.6 is 11.3 Å². The first kappa shape index (κ1) is 33.4. The van der Waals surface area contributed by atoms with Crippen molar-refractivity contribution in [3.8, 4) is 22.0 Å². The molecule has 16 heteroatoms. The first-order valence-electron chi connectivity index (χ1n) is 13.4. The van der Waals surface area contributed by atoms with E-state index in [9.17, 15) is 18.4 Å². The molecule has 1 aliphatic rings. The Kier molecular flexibility index (Phi) is 12.4. The number of thiazole rings is 1. The van der Waals surface area contributed by atoms with Crippen molar-refractivity contribution in [1.82, 2.24) is 29.9 Å². The summed E-state index contributed by atoms with van der Waals surface area (Å²) in [4.78, 5) is 30.7. The third-order valence-electron chi connectivity index (χ3n) is 6.16. The molecule has 2 unspecified atom stereocenters. The van der Waals surface area contributed by atoms with Crippen molar-refractivity contribution >= 4 is 28.9 Å². The molecule has 0 bridgehead atoms. The van der Waals surface area contributed by atoms with Gasteiger partial charge in [0.05, 0.1) is 24.0 Å². The van der Waals surface area contributed by atoms with E-state index in [1.54, 1.807) is 35.6 Å². The van der Waals surface area contributed by atoms with Crippen molar-refractivity contribution in [3.05, 3.63) is 53.6 Å². The number of aromatic nitrogens is 6. The Morgan fingerprint density at radius 1 is 1.16 bits per heavy atom. The van der Waals surface area contributed by atoms with Gasteiger partial charge < -0.3 is 25.7 Å². The van der Waals surface area contributed by atoms with Crippen molar-refractivity contribution in [3.63, 3.8) is 0 Å². The molecule has 0 spiro atoms. The number of nitrogens with zero attached hydrogens (tertiary/aromatic N) is 5. The lowest BCUT2D eigenvalue weighted by molar-refractivity contribution is -0.151. The minimum absolute atomic E-state index is 0.0891. The third-order valence-corrected chi connectivity index (χ3v) is 7.05.